The van der Waals surface area contributed by atoms with Crippen LogP contribution in [-0.2, 0) is 0 Å². The van der Waals surface area contributed by atoms with Crippen molar-refractivity contribution in [3.05, 3.63) is 54.4 Å². The zero-order valence-electron chi connectivity index (χ0n) is 10.2. The van der Waals surface area contributed by atoms with E-state index < -0.39 is 0 Å². The van der Waals surface area contributed by atoms with Crippen LogP contribution in [-0.4, -0.2) is 15.0 Å². The SMILES string of the molecule is Cc1nc(-c2cnccn2)sc1-c1ccc(F)cc1. The molecule has 0 saturated heterocycles. The molecule has 1 aromatic carbocycles. The first kappa shape index (κ1) is 11.9. The summed E-state index contributed by atoms with van der Waals surface area (Å²) >= 11 is 1.54. The number of halogens is 1. The highest BCUT2D eigenvalue weighted by molar-refractivity contribution is 7.18. The van der Waals surface area contributed by atoms with Crippen LogP contribution in [0, 0.1) is 12.7 Å². The molecule has 0 unspecified atom stereocenters. The molecule has 0 aliphatic rings. The van der Waals surface area contributed by atoms with Crippen molar-refractivity contribution >= 4 is 11.3 Å². The Labute approximate surface area is 113 Å². The average molecular weight is 271 g/mol. The van der Waals surface area contributed by atoms with Gasteiger partial charge < -0.3 is 0 Å². The van der Waals surface area contributed by atoms with Gasteiger partial charge in [-0.15, -0.1) is 11.3 Å². The van der Waals surface area contributed by atoms with Crippen molar-refractivity contribution in [3.63, 3.8) is 0 Å². The first-order valence-corrected chi connectivity index (χ1v) is 6.55. The lowest BCUT2D eigenvalue weighted by atomic mass is 10.1. The van der Waals surface area contributed by atoms with E-state index in [0.29, 0.717) is 0 Å². The summed E-state index contributed by atoms with van der Waals surface area (Å²) in [6.45, 7) is 1.94. The molecule has 0 amide bonds. The quantitative estimate of drug-likeness (QED) is 0.713. The van der Waals surface area contributed by atoms with E-state index in [1.165, 1.54) is 23.5 Å². The lowest BCUT2D eigenvalue weighted by molar-refractivity contribution is 0.628. The second-order valence-electron chi connectivity index (χ2n) is 4.03. The van der Waals surface area contributed by atoms with Gasteiger partial charge in [0.1, 0.15) is 16.5 Å². The molecule has 0 N–H and O–H groups in total. The number of benzene rings is 1. The molecule has 0 radical (unpaired) electrons. The summed E-state index contributed by atoms with van der Waals surface area (Å²) in [6.07, 6.45) is 4.96. The molecule has 0 saturated carbocycles. The van der Waals surface area contributed by atoms with Crippen molar-refractivity contribution < 1.29 is 4.39 Å². The molecule has 0 aliphatic carbocycles. The number of aryl methyl sites for hydroxylation is 1. The predicted octanol–water partition coefficient (Wildman–Crippen LogP) is 3.71. The van der Waals surface area contributed by atoms with E-state index in [4.69, 9.17) is 0 Å². The number of thiazole rings is 1. The number of aromatic nitrogens is 3. The van der Waals surface area contributed by atoms with Crippen LogP contribution in [0.25, 0.3) is 21.1 Å². The monoisotopic (exact) mass is 271 g/mol. The third-order valence-corrected chi connectivity index (χ3v) is 3.91. The summed E-state index contributed by atoms with van der Waals surface area (Å²) in [5.41, 5.74) is 2.63. The minimum atomic E-state index is -0.236. The lowest BCUT2D eigenvalue weighted by Crippen LogP contribution is -1.83. The van der Waals surface area contributed by atoms with Crippen LogP contribution in [0.2, 0.25) is 0 Å². The highest BCUT2D eigenvalue weighted by Crippen LogP contribution is 2.34. The molecule has 94 valence electrons. The molecule has 19 heavy (non-hydrogen) atoms. The number of rotatable bonds is 2. The fraction of sp³-hybridized carbons (Fsp3) is 0.0714. The second-order valence-corrected chi connectivity index (χ2v) is 5.03. The summed E-state index contributed by atoms with van der Waals surface area (Å²) in [5.74, 6) is -0.236. The van der Waals surface area contributed by atoms with Gasteiger partial charge in [0.25, 0.3) is 0 Å². The number of hydrogen-bond donors (Lipinski definition) is 0. The maximum Gasteiger partial charge on any atom is 0.144 e. The standard InChI is InChI=1S/C14H10FN3S/c1-9-13(10-2-4-11(15)5-3-10)19-14(18-9)12-8-16-6-7-17-12/h2-8H,1H3. The predicted molar refractivity (Wildman–Crippen MR) is 73.3 cm³/mol. The zero-order chi connectivity index (χ0) is 13.2. The molecule has 3 rings (SSSR count). The first-order chi connectivity index (χ1) is 9.24. The van der Waals surface area contributed by atoms with E-state index in [2.05, 4.69) is 15.0 Å². The highest BCUT2D eigenvalue weighted by atomic mass is 32.1. The fourth-order valence-corrected chi connectivity index (χ4v) is 2.82. The topological polar surface area (TPSA) is 38.7 Å². The first-order valence-electron chi connectivity index (χ1n) is 5.74. The van der Waals surface area contributed by atoms with Crippen LogP contribution >= 0.6 is 11.3 Å². The van der Waals surface area contributed by atoms with Crippen molar-refractivity contribution in [3.8, 4) is 21.1 Å². The molecule has 0 bridgehead atoms. The Kier molecular flexibility index (Phi) is 3.05. The van der Waals surface area contributed by atoms with Crippen LogP contribution in [0.1, 0.15) is 5.69 Å². The van der Waals surface area contributed by atoms with Gasteiger partial charge in [-0.3, -0.25) is 9.97 Å². The van der Waals surface area contributed by atoms with Gasteiger partial charge in [-0.2, -0.15) is 0 Å². The third kappa shape index (κ3) is 2.37. The summed E-state index contributed by atoms with van der Waals surface area (Å²) in [4.78, 5) is 13.8. The summed E-state index contributed by atoms with van der Waals surface area (Å²) < 4.78 is 12.9. The van der Waals surface area contributed by atoms with Gasteiger partial charge in [0.05, 0.1) is 16.8 Å². The van der Waals surface area contributed by atoms with E-state index in [1.807, 2.05) is 6.92 Å². The van der Waals surface area contributed by atoms with E-state index in [0.717, 1.165) is 26.8 Å². The van der Waals surface area contributed by atoms with E-state index in [-0.39, 0.29) is 5.82 Å². The van der Waals surface area contributed by atoms with Gasteiger partial charge in [0, 0.05) is 12.4 Å². The van der Waals surface area contributed by atoms with Crippen molar-refractivity contribution in [2.24, 2.45) is 0 Å². The molecular formula is C14H10FN3S. The van der Waals surface area contributed by atoms with E-state index in [1.54, 1.807) is 30.7 Å². The Morgan fingerprint density at radius 3 is 2.58 bits per heavy atom. The molecule has 0 fully saturated rings. The van der Waals surface area contributed by atoms with E-state index >= 15 is 0 Å². The largest absolute Gasteiger partial charge is 0.261 e. The van der Waals surface area contributed by atoms with Crippen LogP contribution in [0.5, 0.6) is 0 Å². The molecular weight excluding hydrogens is 261 g/mol. The summed E-state index contributed by atoms with van der Waals surface area (Å²) in [5, 5.41) is 0.824. The van der Waals surface area contributed by atoms with Gasteiger partial charge in [-0.05, 0) is 24.6 Å². The van der Waals surface area contributed by atoms with Crippen LogP contribution in [0.3, 0.4) is 0 Å². The number of nitrogens with zero attached hydrogens (tertiary/aromatic N) is 3. The second kappa shape index (κ2) is 4.85. The Balaban J connectivity index is 2.05. The van der Waals surface area contributed by atoms with Gasteiger partial charge in [0.2, 0.25) is 0 Å². The normalized spacial score (nSPS) is 10.6. The Hall–Kier alpha value is -2.14. The van der Waals surface area contributed by atoms with Crippen molar-refractivity contribution in [2.45, 2.75) is 6.92 Å². The smallest absolute Gasteiger partial charge is 0.144 e. The third-order valence-electron chi connectivity index (χ3n) is 2.69. The molecule has 5 heteroatoms. The van der Waals surface area contributed by atoms with Gasteiger partial charge in [0.15, 0.2) is 0 Å². The van der Waals surface area contributed by atoms with Crippen molar-refractivity contribution in [2.75, 3.05) is 0 Å². The number of hydrogen-bond acceptors (Lipinski definition) is 4. The lowest BCUT2D eigenvalue weighted by Gasteiger charge is -1.97. The van der Waals surface area contributed by atoms with Crippen molar-refractivity contribution in [1.29, 1.82) is 0 Å². The van der Waals surface area contributed by atoms with Crippen molar-refractivity contribution in [1.82, 2.24) is 15.0 Å². The molecule has 0 spiro atoms. The van der Waals surface area contributed by atoms with Gasteiger partial charge in [-0.25, -0.2) is 9.37 Å². The minimum absolute atomic E-state index is 0.236. The Morgan fingerprint density at radius 1 is 1.11 bits per heavy atom. The van der Waals surface area contributed by atoms with Crippen LogP contribution in [0.4, 0.5) is 4.39 Å². The molecule has 0 aliphatic heterocycles. The Morgan fingerprint density at radius 2 is 1.89 bits per heavy atom. The molecule has 0 atom stereocenters. The molecule has 2 heterocycles. The highest BCUT2D eigenvalue weighted by Gasteiger charge is 2.12. The summed E-state index contributed by atoms with van der Waals surface area (Å²) in [6, 6.07) is 6.43. The molecule has 2 aromatic heterocycles. The fourth-order valence-electron chi connectivity index (χ4n) is 1.78. The minimum Gasteiger partial charge on any atom is -0.261 e. The van der Waals surface area contributed by atoms with Gasteiger partial charge >= 0.3 is 0 Å². The maximum absolute atomic E-state index is 12.9. The maximum atomic E-state index is 12.9. The zero-order valence-corrected chi connectivity index (χ0v) is 11.0. The molecule has 3 aromatic rings. The van der Waals surface area contributed by atoms with E-state index in [9.17, 15) is 4.39 Å². The summed E-state index contributed by atoms with van der Waals surface area (Å²) in [7, 11) is 0. The average Bonchev–Trinajstić information content (AvgIpc) is 2.83. The Bertz CT molecular complexity index is 692. The van der Waals surface area contributed by atoms with Crippen LogP contribution in [0.15, 0.2) is 42.9 Å². The van der Waals surface area contributed by atoms with Gasteiger partial charge in [-0.1, -0.05) is 12.1 Å². The van der Waals surface area contributed by atoms with Crippen LogP contribution < -0.4 is 0 Å². The molecule has 3 nitrogen and oxygen atoms in total.